The molecule has 0 unspecified atom stereocenters. The summed E-state index contributed by atoms with van der Waals surface area (Å²) in [6.45, 7) is 7.10. The third-order valence-electron chi connectivity index (χ3n) is 9.11. The zero-order valence-electron chi connectivity index (χ0n) is 27.4. The molecule has 0 heterocycles. The van der Waals surface area contributed by atoms with Crippen LogP contribution in [-0.4, -0.2) is 12.4 Å². The van der Waals surface area contributed by atoms with E-state index in [1.54, 1.807) is 38.1 Å². The number of rotatable bonds is 11. The predicted molar refractivity (Wildman–Crippen MR) is 180 cm³/mol. The van der Waals surface area contributed by atoms with E-state index in [0.717, 1.165) is 36.4 Å². The monoisotopic (exact) mass is 732 g/mol. The van der Waals surface area contributed by atoms with Gasteiger partial charge >= 0.3 is 12.4 Å². The van der Waals surface area contributed by atoms with Crippen LogP contribution in [-0.2, 0) is 15.9 Å². The molecule has 0 aliphatic heterocycles. The minimum Gasteiger partial charge on any atom is -0.483 e. The normalized spacial score (nSPS) is 13.6. The molecule has 0 spiro atoms. The Kier molecular flexibility index (Phi) is 11.1. The van der Waals surface area contributed by atoms with Crippen LogP contribution in [0.15, 0.2) is 84.9 Å². The molecule has 0 saturated heterocycles. The van der Waals surface area contributed by atoms with Gasteiger partial charge in [0.2, 0.25) is 5.41 Å². The lowest BCUT2D eigenvalue weighted by atomic mass is 9.73. The highest BCUT2D eigenvalue weighted by atomic mass is 35.5. The fraction of sp³-hybridized carbons (Fsp3) is 0.316. The first-order valence-electron chi connectivity index (χ1n) is 15.6. The zero-order valence-corrected chi connectivity index (χ0v) is 29.0. The Balaban J connectivity index is 1.76. The molecule has 4 aromatic carbocycles. The van der Waals surface area contributed by atoms with Gasteiger partial charge in [-0.15, -0.1) is 11.6 Å². The molecule has 0 aliphatic rings. The predicted octanol–water partition coefficient (Wildman–Crippen LogP) is 12.2. The maximum absolute atomic E-state index is 14.9. The van der Waals surface area contributed by atoms with E-state index in [9.17, 15) is 36.9 Å². The van der Waals surface area contributed by atoms with Crippen LogP contribution in [0, 0.1) is 22.7 Å². The van der Waals surface area contributed by atoms with Crippen molar-refractivity contribution >= 4 is 23.2 Å². The number of hydrogen-bond donors (Lipinski definition) is 0. The fourth-order valence-electron chi connectivity index (χ4n) is 6.05. The average molecular weight is 734 g/mol. The molecular weight excluding hydrogens is 701 g/mol. The van der Waals surface area contributed by atoms with Gasteiger partial charge in [-0.1, -0.05) is 80.9 Å². The second-order valence-electron chi connectivity index (χ2n) is 11.8. The summed E-state index contributed by atoms with van der Waals surface area (Å²) in [5.41, 5.74) is -6.65. The second-order valence-corrected chi connectivity index (χ2v) is 13.0. The lowest BCUT2D eigenvalue weighted by Gasteiger charge is -2.38. The maximum atomic E-state index is 14.9. The zero-order chi connectivity index (χ0) is 37.1. The smallest absolute Gasteiger partial charge is 0.411 e. The van der Waals surface area contributed by atoms with Gasteiger partial charge in [0.05, 0.1) is 21.0 Å². The van der Waals surface area contributed by atoms with Crippen molar-refractivity contribution in [1.29, 1.82) is 10.5 Å². The first kappa shape index (κ1) is 38.4. The van der Waals surface area contributed by atoms with Crippen LogP contribution in [0.1, 0.15) is 80.3 Å². The van der Waals surface area contributed by atoms with Crippen LogP contribution in [0.5, 0.6) is 17.2 Å². The highest BCUT2D eigenvalue weighted by Gasteiger charge is 2.72. The first-order chi connectivity index (χ1) is 23.5. The Bertz CT molecular complexity index is 1890. The van der Waals surface area contributed by atoms with E-state index in [-0.39, 0.29) is 39.8 Å². The van der Waals surface area contributed by atoms with E-state index in [0.29, 0.717) is 36.1 Å². The highest BCUT2D eigenvalue weighted by Crippen LogP contribution is 2.56. The maximum Gasteiger partial charge on any atom is 0.411 e. The van der Waals surface area contributed by atoms with Crippen molar-refractivity contribution in [1.82, 2.24) is 0 Å². The minimum atomic E-state index is -5.83. The van der Waals surface area contributed by atoms with Crippen LogP contribution in [0.2, 0.25) is 5.02 Å². The number of hydrogen-bond acceptors (Lipinski definition) is 4. The van der Waals surface area contributed by atoms with Crippen molar-refractivity contribution in [2.75, 3.05) is 0 Å². The molecule has 0 saturated carbocycles. The molecule has 0 bridgehead atoms. The highest BCUT2D eigenvalue weighted by molar-refractivity contribution is 6.31. The van der Waals surface area contributed by atoms with Gasteiger partial charge < -0.3 is 9.47 Å². The molecular formula is C38H32Cl2F6N2O2. The third kappa shape index (κ3) is 6.84. The number of nitrogens with zero attached hydrogens (tertiary/aromatic N) is 2. The largest absolute Gasteiger partial charge is 0.483 e. The van der Waals surface area contributed by atoms with E-state index in [1.807, 2.05) is 19.9 Å². The molecule has 0 aliphatic carbocycles. The number of halogens is 8. The number of alkyl halides is 7. The van der Waals surface area contributed by atoms with Gasteiger partial charge in [-0.3, -0.25) is 0 Å². The molecule has 0 amide bonds. The van der Waals surface area contributed by atoms with Crippen molar-refractivity contribution in [3.8, 4) is 29.4 Å². The van der Waals surface area contributed by atoms with Gasteiger partial charge in [0.25, 0.3) is 0 Å². The van der Waals surface area contributed by atoms with Crippen molar-refractivity contribution in [2.45, 2.75) is 75.2 Å². The summed E-state index contributed by atoms with van der Waals surface area (Å²) < 4.78 is 101. The molecule has 4 nitrogen and oxygen atoms in total. The summed E-state index contributed by atoms with van der Waals surface area (Å²) in [6, 6.07) is 20.5. The van der Waals surface area contributed by atoms with Gasteiger partial charge in [-0.2, -0.15) is 36.9 Å². The Labute approximate surface area is 296 Å². The van der Waals surface area contributed by atoms with E-state index in [4.69, 9.17) is 32.7 Å². The van der Waals surface area contributed by atoms with Gasteiger partial charge in [-0.05, 0) is 79.3 Å². The van der Waals surface area contributed by atoms with Gasteiger partial charge in [-0.25, -0.2) is 0 Å². The Morgan fingerprint density at radius 2 is 1.12 bits per heavy atom. The van der Waals surface area contributed by atoms with Crippen molar-refractivity contribution < 1.29 is 35.8 Å². The standard InChI is InChI=1S/C38H32Cl2F6N2O2/c1-5-34(4,30-10-8-12-32(39)28(30)22-47)50-27-20-16-25(17-21-27)36(37(41,42)43,38(44,45)46)24-14-18-26(19-15-24)49-33-13-9-11-31(29(33)23-48)35(40,6-2)7-3/h8-21H,5-7H2,1-4H3/t34-/m1/s1. The second kappa shape index (κ2) is 14.5. The first-order valence-corrected chi connectivity index (χ1v) is 16.3. The summed E-state index contributed by atoms with van der Waals surface area (Å²) in [4.78, 5) is -0.877. The summed E-state index contributed by atoms with van der Waals surface area (Å²) >= 11 is 12.9. The topological polar surface area (TPSA) is 66.0 Å². The number of nitriles is 2. The van der Waals surface area contributed by atoms with Crippen molar-refractivity contribution in [2.24, 2.45) is 0 Å². The summed E-state index contributed by atoms with van der Waals surface area (Å²) in [7, 11) is 0. The summed E-state index contributed by atoms with van der Waals surface area (Å²) in [5.74, 6) is -0.0577. The Morgan fingerprint density at radius 3 is 1.58 bits per heavy atom. The van der Waals surface area contributed by atoms with E-state index < -0.39 is 39.4 Å². The number of benzene rings is 4. The summed E-state index contributed by atoms with van der Waals surface area (Å²) in [6.07, 6.45) is -10.4. The van der Waals surface area contributed by atoms with Crippen LogP contribution in [0.3, 0.4) is 0 Å². The van der Waals surface area contributed by atoms with E-state index in [1.165, 1.54) is 12.1 Å². The average Bonchev–Trinajstić information content (AvgIpc) is 3.08. The fourth-order valence-corrected chi connectivity index (χ4v) is 6.42. The molecule has 50 heavy (non-hydrogen) atoms. The van der Waals surface area contributed by atoms with Crippen LogP contribution >= 0.6 is 23.2 Å². The van der Waals surface area contributed by atoms with Crippen LogP contribution in [0.4, 0.5) is 26.3 Å². The number of ether oxygens (including phenoxy) is 2. The molecule has 4 rings (SSSR count). The molecule has 12 heteroatoms. The quantitative estimate of drug-likeness (QED) is 0.114. The Hall–Kier alpha value is -4.38. The minimum absolute atomic E-state index is 0.0217. The van der Waals surface area contributed by atoms with E-state index >= 15 is 0 Å². The molecule has 0 fully saturated rings. The van der Waals surface area contributed by atoms with Gasteiger partial charge in [0.15, 0.2) is 0 Å². The SMILES string of the molecule is CCC(Cl)(CC)c1cccc(Oc2ccc(C(c3ccc(O[C@](C)(CC)c4cccc(Cl)c4C#N)cc3)(C(F)(F)F)C(F)(F)F)cc2)c1C#N. The summed E-state index contributed by atoms with van der Waals surface area (Å²) in [5, 5.41) is 19.7. The van der Waals surface area contributed by atoms with Crippen LogP contribution < -0.4 is 9.47 Å². The molecule has 0 N–H and O–H groups in total. The molecule has 0 aromatic heterocycles. The lowest BCUT2D eigenvalue weighted by Crippen LogP contribution is -2.54. The van der Waals surface area contributed by atoms with Gasteiger partial charge in [0, 0.05) is 5.56 Å². The lowest BCUT2D eigenvalue weighted by molar-refractivity contribution is -0.288. The van der Waals surface area contributed by atoms with Crippen molar-refractivity contribution in [3.63, 3.8) is 0 Å². The van der Waals surface area contributed by atoms with Crippen LogP contribution in [0.25, 0.3) is 0 Å². The molecule has 1 atom stereocenters. The molecule has 262 valence electrons. The third-order valence-corrected chi connectivity index (χ3v) is 10.2. The molecule has 4 aromatic rings. The van der Waals surface area contributed by atoms with Crippen molar-refractivity contribution in [3.05, 3.63) is 123 Å². The molecule has 0 radical (unpaired) electrons. The van der Waals surface area contributed by atoms with E-state index in [2.05, 4.69) is 6.07 Å². The Morgan fingerprint density at radius 1 is 0.640 bits per heavy atom. The van der Waals surface area contributed by atoms with Gasteiger partial charge in [0.1, 0.15) is 35.0 Å².